The van der Waals surface area contributed by atoms with E-state index in [4.69, 9.17) is 14.7 Å². The lowest BCUT2D eigenvalue weighted by Gasteiger charge is -2.28. The fourth-order valence-electron chi connectivity index (χ4n) is 2.26. The van der Waals surface area contributed by atoms with Crippen LogP contribution in [0.25, 0.3) is 0 Å². The van der Waals surface area contributed by atoms with E-state index in [-0.39, 0.29) is 5.75 Å². The maximum Gasteiger partial charge on any atom is 0.318 e. The zero-order valence-electron chi connectivity index (χ0n) is 12.8. The number of carbonyl (C=O) groups is 1. The second kappa shape index (κ2) is 6.61. The third-order valence-electron chi connectivity index (χ3n) is 3.68. The van der Waals surface area contributed by atoms with Crippen LogP contribution >= 0.6 is 0 Å². The summed E-state index contributed by atoms with van der Waals surface area (Å²) in [4.78, 5) is 12.2. The minimum absolute atomic E-state index is 0.280. The van der Waals surface area contributed by atoms with Crippen molar-refractivity contribution in [2.45, 2.75) is 19.3 Å². The quantitative estimate of drug-likeness (QED) is 0.786. The van der Waals surface area contributed by atoms with E-state index in [0.717, 1.165) is 0 Å². The molecule has 0 aromatic heterocycles. The molecule has 112 valence electrons. The second-order valence-corrected chi connectivity index (χ2v) is 4.87. The van der Waals surface area contributed by atoms with E-state index in [9.17, 15) is 15.3 Å². The summed E-state index contributed by atoms with van der Waals surface area (Å²) in [6.07, 6.45) is 0. The number of benzene rings is 1. The molecule has 0 spiro atoms. The molecule has 0 radical (unpaired) electrons. The van der Waals surface area contributed by atoms with Gasteiger partial charge in [-0.1, -0.05) is 6.07 Å². The number of esters is 1. The van der Waals surface area contributed by atoms with Crippen LogP contribution in [0.5, 0.6) is 5.75 Å². The number of ether oxygens (including phenoxy) is 2. The summed E-state index contributed by atoms with van der Waals surface area (Å²) in [6.45, 7) is 3.16. The Morgan fingerprint density at radius 1 is 1.23 bits per heavy atom. The van der Waals surface area contributed by atoms with Crippen LogP contribution in [0.15, 0.2) is 12.1 Å². The van der Waals surface area contributed by atoms with E-state index >= 15 is 0 Å². The van der Waals surface area contributed by atoms with Crippen molar-refractivity contribution in [2.75, 3.05) is 14.2 Å². The highest BCUT2D eigenvalue weighted by Crippen LogP contribution is 2.37. The lowest BCUT2D eigenvalue weighted by Crippen LogP contribution is -2.40. The average molecular weight is 297 g/mol. The van der Waals surface area contributed by atoms with Gasteiger partial charge in [-0.15, -0.1) is 0 Å². The summed E-state index contributed by atoms with van der Waals surface area (Å²) >= 11 is 0. The summed E-state index contributed by atoms with van der Waals surface area (Å²) < 4.78 is 9.95. The molecule has 22 heavy (non-hydrogen) atoms. The molecule has 0 amide bonds. The van der Waals surface area contributed by atoms with Gasteiger partial charge in [0.1, 0.15) is 17.2 Å². The molecule has 6 heteroatoms. The molecule has 1 aromatic rings. The topological polar surface area (TPSA) is 107 Å². The number of rotatable bonds is 4. The minimum atomic E-state index is -1.48. The van der Waals surface area contributed by atoms with Crippen molar-refractivity contribution in [3.05, 3.63) is 28.8 Å². The van der Waals surface area contributed by atoms with E-state index in [1.54, 1.807) is 13.0 Å². The Balaban J connectivity index is 3.70. The standard InChI is InChI=1S/C16H15N3O3/c1-10-5-11(6-14(21-3)13(10)9-19)16(2,15(20)22-4)12(7-17)8-18/h5-6,12H,1-4H3. The van der Waals surface area contributed by atoms with Crippen molar-refractivity contribution < 1.29 is 14.3 Å². The number of methoxy groups -OCH3 is 2. The Bertz CT molecular complexity index is 708. The van der Waals surface area contributed by atoms with Crippen LogP contribution in [0.3, 0.4) is 0 Å². The highest BCUT2D eigenvalue weighted by atomic mass is 16.5. The summed E-state index contributed by atoms with van der Waals surface area (Å²) in [6, 6.07) is 8.76. The van der Waals surface area contributed by atoms with Crippen molar-refractivity contribution >= 4 is 5.97 Å². The Labute approximate surface area is 129 Å². The van der Waals surface area contributed by atoms with Crippen LogP contribution in [0.4, 0.5) is 0 Å². The summed E-state index contributed by atoms with van der Waals surface area (Å²) in [5, 5.41) is 27.6. The van der Waals surface area contributed by atoms with Gasteiger partial charge in [0.05, 0.1) is 31.9 Å². The predicted octanol–water partition coefficient (Wildman–Crippen LogP) is 1.97. The van der Waals surface area contributed by atoms with Crippen molar-refractivity contribution in [1.29, 1.82) is 15.8 Å². The van der Waals surface area contributed by atoms with E-state index in [1.807, 2.05) is 18.2 Å². The van der Waals surface area contributed by atoms with Crippen molar-refractivity contribution in [1.82, 2.24) is 0 Å². The summed E-state index contributed by atoms with van der Waals surface area (Å²) in [7, 11) is 2.60. The second-order valence-electron chi connectivity index (χ2n) is 4.87. The molecule has 1 unspecified atom stereocenters. The number of nitriles is 3. The zero-order valence-corrected chi connectivity index (χ0v) is 12.8. The maximum absolute atomic E-state index is 12.2. The van der Waals surface area contributed by atoms with Gasteiger partial charge in [-0.3, -0.25) is 4.79 Å². The molecule has 0 aliphatic heterocycles. The Kier molecular flexibility index (Phi) is 5.11. The van der Waals surface area contributed by atoms with Crippen molar-refractivity contribution in [3.63, 3.8) is 0 Å². The smallest absolute Gasteiger partial charge is 0.318 e. The van der Waals surface area contributed by atoms with Gasteiger partial charge < -0.3 is 9.47 Å². The number of hydrogen-bond donors (Lipinski definition) is 0. The molecular weight excluding hydrogens is 282 g/mol. The summed E-state index contributed by atoms with van der Waals surface area (Å²) in [5.41, 5.74) is -0.170. The Hall–Kier alpha value is -3.04. The van der Waals surface area contributed by atoms with Gasteiger partial charge in [-0.05, 0) is 31.0 Å². The number of carbonyl (C=O) groups excluding carboxylic acids is 1. The monoisotopic (exact) mass is 297 g/mol. The maximum atomic E-state index is 12.2. The molecule has 0 saturated carbocycles. The van der Waals surface area contributed by atoms with Crippen LogP contribution in [-0.4, -0.2) is 20.2 Å². The lowest BCUT2D eigenvalue weighted by molar-refractivity contribution is -0.147. The molecule has 0 N–H and O–H groups in total. The van der Waals surface area contributed by atoms with Gasteiger partial charge in [0.25, 0.3) is 0 Å². The first kappa shape index (κ1) is 17.0. The molecular formula is C16H15N3O3. The normalized spacial score (nSPS) is 12.5. The zero-order chi connectivity index (χ0) is 16.9. The fourth-order valence-corrected chi connectivity index (χ4v) is 2.26. The molecule has 1 aromatic carbocycles. The number of nitrogens with zero attached hydrogens (tertiary/aromatic N) is 3. The lowest BCUT2D eigenvalue weighted by atomic mass is 9.72. The first-order valence-corrected chi connectivity index (χ1v) is 6.37. The van der Waals surface area contributed by atoms with Crippen LogP contribution < -0.4 is 4.74 Å². The third kappa shape index (κ3) is 2.57. The van der Waals surface area contributed by atoms with Gasteiger partial charge in [0, 0.05) is 0 Å². The molecule has 0 heterocycles. The fraction of sp³-hybridized carbons (Fsp3) is 0.375. The minimum Gasteiger partial charge on any atom is -0.495 e. The molecule has 0 aliphatic carbocycles. The average Bonchev–Trinajstić information content (AvgIpc) is 2.53. The highest BCUT2D eigenvalue weighted by Gasteiger charge is 2.45. The van der Waals surface area contributed by atoms with Crippen LogP contribution in [0.1, 0.15) is 23.6 Å². The molecule has 0 bridgehead atoms. The van der Waals surface area contributed by atoms with Gasteiger partial charge in [-0.25, -0.2) is 0 Å². The molecule has 1 rings (SSSR count). The first-order valence-electron chi connectivity index (χ1n) is 6.37. The summed E-state index contributed by atoms with van der Waals surface area (Å²) in [5.74, 6) is -1.66. The molecule has 0 fully saturated rings. The van der Waals surface area contributed by atoms with Crippen LogP contribution in [0.2, 0.25) is 0 Å². The molecule has 0 saturated heterocycles. The Morgan fingerprint density at radius 3 is 2.23 bits per heavy atom. The van der Waals surface area contributed by atoms with Gasteiger partial charge in [-0.2, -0.15) is 15.8 Å². The largest absolute Gasteiger partial charge is 0.495 e. The van der Waals surface area contributed by atoms with Crippen molar-refractivity contribution in [3.8, 4) is 24.0 Å². The van der Waals surface area contributed by atoms with Crippen LogP contribution in [-0.2, 0) is 14.9 Å². The van der Waals surface area contributed by atoms with Gasteiger partial charge in [0.2, 0.25) is 0 Å². The third-order valence-corrected chi connectivity index (χ3v) is 3.68. The van der Waals surface area contributed by atoms with Gasteiger partial charge in [0.15, 0.2) is 5.92 Å². The molecule has 1 atom stereocenters. The predicted molar refractivity (Wildman–Crippen MR) is 76.5 cm³/mol. The Morgan fingerprint density at radius 2 is 1.82 bits per heavy atom. The number of hydrogen-bond acceptors (Lipinski definition) is 6. The highest BCUT2D eigenvalue weighted by molar-refractivity contribution is 5.84. The SMILES string of the molecule is COC(=O)C(C)(c1cc(C)c(C#N)c(OC)c1)C(C#N)C#N. The van der Waals surface area contributed by atoms with E-state index < -0.39 is 17.3 Å². The molecule has 0 aliphatic rings. The van der Waals surface area contributed by atoms with E-state index in [1.165, 1.54) is 27.2 Å². The van der Waals surface area contributed by atoms with Gasteiger partial charge >= 0.3 is 5.97 Å². The first-order chi connectivity index (χ1) is 10.4. The van der Waals surface area contributed by atoms with E-state index in [0.29, 0.717) is 16.7 Å². The van der Waals surface area contributed by atoms with Crippen molar-refractivity contribution in [2.24, 2.45) is 5.92 Å². The molecule has 6 nitrogen and oxygen atoms in total. The number of aryl methyl sites for hydroxylation is 1. The van der Waals surface area contributed by atoms with E-state index in [2.05, 4.69) is 0 Å². The van der Waals surface area contributed by atoms with Crippen LogP contribution in [0, 0.1) is 46.8 Å².